The molecule has 2 amide bonds. The maximum atomic E-state index is 11.9. The molecule has 2 N–H and O–H groups in total. The van der Waals surface area contributed by atoms with Crippen LogP contribution in [0.5, 0.6) is 0 Å². The van der Waals surface area contributed by atoms with Crippen LogP contribution in [0.1, 0.15) is 29.2 Å². The largest absolute Gasteiger partial charge is 0.380 e. The minimum atomic E-state index is -0.362. The highest BCUT2D eigenvalue weighted by Crippen LogP contribution is 2.28. The van der Waals surface area contributed by atoms with Gasteiger partial charge in [0.25, 0.3) is 5.24 Å². The molecule has 1 fully saturated rings. The Labute approximate surface area is 158 Å². The van der Waals surface area contributed by atoms with Gasteiger partial charge in [-0.2, -0.15) is 0 Å². The van der Waals surface area contributed by atoms with E-state index in [-0.39, 0.29) is 16.4 Å². The van der Waals surface area contributed by atoms with Crippen molar-refractivity contribution in [1.82, 2.24) is 5.32 Å². The summed E-state index contributed by atoms with van der Waals surface area (Å²) in [7, 11) is 0. The zero-order valence-electron chi connectivity index (χ0n) is 14.9. The number of anilines is 1. The van der Waals surface area contributed by atoms with Crippen molar-refractivity contribution in [2.24, 2.45) is 0 Å². The van der Waals surface area contributed by atoms with Crippen molar-refractivity contribution in [2.45, 2.75) is 32.1 Å². The molecule has 26 heavy (non-hydrogen) atoms. The lowest BCUT2D eigenvalue weighted by atomic mass is 9.99. The standard InChI is InChI=1S/C21H22N2O2S/c1-3-6-17-16(12-19-20(24)23-21(25)26-19)9-5-10-18(17)22-13-15-8-4-7-14(2)11-15/h3-11,19,22H,12-13H2,1-2H3,(H,23,24,25)/b6-3-. The van der Waals surface area contributed by atoms with Crippen molar-refractivity contribution >= 4 is 34.7 Å². The zero-order chi connectivity index (χ0) is 18.5. The first-order chi connectivity index (χ1) is 12.6. The predicted octanol–water partition coefficient (Wildman–Crippen LogP) is 4.53. The van der Waals surface area contributed by atoms with E-state index in [1.54, 1.807) is 0 Å². The van der Waals surface area contributed by atoms with Crippen molar-refractivity contribution in [1.29, 1.82) is 0 Å². The number of carbonyl (C=O) groups excluding carboxylic acids is 2. The Balaban J connectivity index is 1.81. The van der Waals surface area contributed by atoms with Crippen LogP contribution >= 0.6 is 11.8 Å². The fourth-order valence-electron chi connectivity index (χ4n) is 3.06. The summed E-state index contributed by atoms with van der Waals surface area (Å²) in [5.41, 5.74) is 5.60. The normalized spacial score (nSPS) is 16.9. The first-order valence-corrected chi connectivity index (χ1v) is 9.50. The van der Waals surface area contributed by atoms with Crippen LogP contribution in [0.4, 0.5) is 10.5 Å². The van der Waals surface area contributed by atoms with Crippen LogP contribution in [0, 0.1) is 6.92 Å². The first kappa shape index (κ1) is 18.3. The molecule has 0 saturated carbocycles. The number of nitrogens with one attached hydrogen (secondary N) is 2. The van der Waals surface area contributed by atoms with Crippen LogP contribution in [-0.2, 0) is 17.8 Å². The van der Waals surface area contributed by atoms with Crippen LogP contribution in [0.15, 0.2) is 48.5 Å². The molecule has 0 aliphatic carbocycles. The van der Waals surface area contributed by atoms with E-state index in [1.165, 1.54) is 11.1 Å². The molecular formula is C21H22N2O2S. The number of imide groups is 1. The number of benzene rings is 2. The average Bonchev–Trinajstić information content (AvgIpc) is 2.92. The van der Waals surface area contributed by atoms with Crippen molar-refractivity contribution < 1.29 is 9.59 Å². The number of thioether (sulfide) groups is 1. The third-order valence-electron chi connectivity index (χ3n) is 4.27. The fraction of sp³-hybridized carbons (Fsp3) is 0.238. The molecule has 1 aliphatic rings. The van der Waals surface area contributed by atoms with Gasteiger partial charge in [-0.15, -0.1) is 0 Å². The molecule has 0 bridgehead atoms. The number of carbonyl (C=O) groups is 2. The molecular weight excluding hydrogens is 344 g/mol. The summed E-state index contributed by atoms with van der Waals surface area (Å²) in [5.74, 6) is -0.204. The quantitative estimate of drug-likeness (QED) is 0.788. The van der Waals surface area contributed by atoms with Gasteiger partial charge < -0.3 is 5.32 Å². The Morgan fingerprint density at radius 1 is 1.19 bits per heavy atom. The van der Waals surface area contributed by atoms with Crippen LogP contribution < -0.4 is 10.6 Å². The second-order valence-corrected chi connectivity index (χ2v) is 7.48. The molecule has 1 saturated heterocycles. The Hall–Kier alpha value is -2.53. The lowest BCUT2D eigenvalue weighted by molar-refractivity contribution is -0.118. The van der Waals surface area contributed by atoms with Gasteiger partial charge in [0.1, 0.15) is 0 Å². The molecule has 134 valence electrons. The highest BCUT2D eigenvalue weighted by atomic mass is 32.2. The van der Waals surface area contributed by atoms with Crippen molar-refractivity contribution in [3.63, 3.8) is 0 Å². The molecule has 1 atom stereocenters. The molecule has 5 heteroatoms. The summed E-state index contributed by atoms with van der Waals surface area (Å²) in [6.45, 7) is 4.79. The SMILES string of the molecule is C/C=C\c1c(CC2SC(=O)NC2=O)cccc1NCc1cccc(C)c1. The summed E-state index contributed by atoms with van der Waals surface area (Å²) >= 11 is 1.07. The molecule has 2 aromatic rings. The van der Waals surface area contributed by atoms with Crippen molar-refractivity contribution in [3.05, 3.63) is 70.8 Å². The number of aryl methyl sites for hydroxylation is 1. The summed E-state index contributed by atoms with van der Waals surface area (Å²) in [6, 6.07) is 14.5. The predicted molar refractivity (Wildman–Crippen MR) is 108 cm³/mol. The lowest BCUT2D eigenvalue weighted by Crippen LogP contribution is -2.25. The van der Waals surface area contributed by atoms with E-state index in [9.17, 15) is 9.59 Å². The molecule has 1 aliphatic heterocycles. The second kappa shape index (κ2) is 8.23. The monoisotopic (exact) mass is 366 g/mol. The van der Waals surface area contributed by atoms with Gasteiger partial charge in [0.05, 0.1) is 5.25 Å². The Morgan fingerprint density at radius 2 is 2.00 bits per heavy atom. The second-order valence-electron chi connectivity index (χ2n) is 6.31. The molecule has 0 aromatic heterocycles. The van der Waals surface area contributed by atoms with Crippen LogP contribution in [0.2, 0.25) is 0 Å². The highest BCUT2D eigenvalue weighted by Gasteiger charge is 2.32. The van der Waals surface area contributed by atoms with Gasteiger partial charge in [0.15, 0.2) is 0 Å². The van der Waals surface area contributed by atoms with E-state index in [2.05, 4.69) is 41.8 Å². The van der Waals surface area contributed by atoms with Crippen LogP contribution in [0.25, 0.3) is 6.08 Å². The van der Waals surface area contributed by atoms with Gasteiger partial charge in [-0.05, 0) is 37.5 Å². The van der Waals surface area contributed by atoms with E-state index < -0.39 is 0 Å². The van der Waals surface area contributed by atoms with E-state index in [1.807, 2.05) is 37.3 Å². The molecule has 0 radical (unpaired) electrons. The number of amides is 2. The lowest BCUT2D eigenvalue weighted by Gasteiger charge is -2.15. The minimum Gasteiger partial charge on any atom is -0.380 e. The smallest absolute Gasteiger partial charge is 0.286 e. The Kier molecular flexibility index (Phi) is 5.78. The number of rotatable bonds is 6. The molecule has 3 rings (SSSR count). The van der Waals surface area contributed by atoms with Gasteiger partial charge in [-0.25, -0.2) is 0 Å². The topological polar surface area (TPSA) is 58.2 Å². The third kappa shape index (κ3) is 4.35. The zero-order valence-corrected chi connectivity index (χ0v) is 15.7. The Bertz CT molecular complexity index is 861. The van der Waals surface area contributed by atoms with Gasteiger partial charge in [-0.3, -0.25) is 14.9 Å². The van der Waals surface area contributed by atoms with E-state index >= 15 is 0 Å². The summed E-state index contributed by atoms with van der Waals surface area (Å²) in [6.07, 6.45) is 4.57. The summed E-state index contributed by atoms with van der Waals surface area (Å²) < 4.78 is 0. The molecule has 0 spiro atoms. The average molecular weight is 366 g/mol. The fourth-order valence-corrected chi connectivity index (χ4v) is 3.90. The van der Waals surface area contributed by atoms with Crippen molar-refractivity contribution in [2.75, 3.05) is 5.32 Å². The van der Waals surface area contributed by atoms with Gasteiger partial charge >= 0.3 is 0 Å². The van der Waals surface area contributed by atoms with Gasteiger partial charge in [0.2, 0.25) is 5.91 Å². The first-order valence-electron chi connectivity index (χ1n) is 8.62. The third-order valence-corrected chi connectivity index (χ3v) is 5.25. The van der Waals surface area contributed by atoms with Gasteiger partial charge in [0, 0.05) is 17.8 Å². The van der Waals surface area contributed by atoms with E-state index in [0.717, 1.165) is 35.1 Å². The van der Waals surface area contributed by atoms with E-state index in [0.29, 0.717) is 6.42 Å². The number of allylic oxidation sites excluding steroid dienone is 1. The maximum absolute atomic E-state index is 11.9. The van der Waals surface area contributed by atoms with Crippen LogP contribution in [0.3, 0.4) is 0 Å². The molecule has 1 heterocycles. The molecule has 2 aromatic carbocycles. The van der Waals surface area contributed by atoms with E-state index in [4.69, 9.17) is 0 Å². The van der Waals surface area contributed by atoms with Crippen LogP contribution in [-0.4, -0.2) is 16.4 Å². The summed E-state index contributed by atoms with van der Waals surface area (Å²) in [4.78, 5) is 23.3. The Morgan fingerprint density at radius 3 is 2.69 bits per heavy atom. The number of hydrogen-bond acceptors (Lipinski definition) is 4. The summed E-state index contributed by atoms with van der Waals surface area (Å²) in [5, 5.41) is 5.23. The van der Waals surface area contributed by atoms with Gasteiger partial charge in [-0.1, -0.05) is 65.9 Å². The maximum Gasteiger partial charge on any atom is 0.286 e. The molecule has 4 nitrogen and oxygen atoms in total. The van der Waals surface area contributed by atoms with Crippen molar-refractivity contribution in [3.8, 4) is 0 Å². The minimum absolute atomic E-state index is 0.204. The highest BCUT2D eigenvalue weighted by molar-refractivity contribution is 8.15. The number of hydrogen-bond donors (Lipinski definition) is 2. The molecule has 1 unspecified atom stereocenters.